The van der Waals surface area contributed by atoms with E-state index >= 15 is 0 Å². The molecule has 0 unspecified atom stereocenters. The summed E-state index contributed by atoms with van der Waals surface area (Å²) < 4.78 is 0. The van der Waals surface area contributed by atoms with Crippen molar-refractivity contribution in [3.8, 4) is 17.0 Å². The SMILES string of the molecule is Cc1ccnc(-c2ccc(O)c3c2C[C@H]2C[C@H]4[C@@H](N(C)C)C(=O)C(C(N)=O)=C(O)[C@]4(O)C(=O)C2=C3O)c1. The van der Waals surface area contributed by atoms with Crippen molar-refractivity contribution < 1.29 is 34.8 Å². The van der Waals surface area contributed by atoms with Gasteiger partial charge >= 0.3 is 0 Å². The van der Waals surface area contributed by atoms with Crippen molar-refractivity contribution in [2.75, 3.05) is 14.1 Å². The van der Waals surface area contributed by atoms with Gasteiger partial charge in [-0.25, -0.2) is 0 Å². The number of rotatable bonds is 3. The number of aromatic hydroxyl groups is 1. The van der Waals surface area contributed by atoms with Crippen LogP contribution in [-0.4, -0.2) is 73.5 Å². The summed E-state index contributed by atoms with van der Waals surface area (Å²) in [6.07, 6.45) is 1.88. The summed E-state index contributed by atoms with van der Waals surface area (Å²) in [7, 11) is 3.12. The summed E-state index contributed by atoms with van der Waals surface area (Å²) in [6, 6.07) is 5.66. The van der Waals surface area contributed by atoms with E-state index in [1.807, 2.05) is 19.1 Å². The largest absolute Gasteiger partial charge is 0.508 e. The molecule has 1 heterocycles. The Labute approximate surface area is 212 Å². The molecule has 2 aromatic rings. The third kappa shape index (κ3) is 3.32. The molecule has 1 fully saturated rings. The molecular formula is C27H27N3O7. The van der Waals surface area contributed by atoms with Crippen LogP contribution in [0, 0.1) is 18.8 Å². The minimum absolute atomic E-state index is 0.0299. The van der Waals surface area contributed by atoms with Crippen LogP contribution < -0.4 is 5.73 Å². The van der Waals surface area contributed by atoms with Crippen molar-refractivity contribution in [3.63, 3.8) is 0 Å². The van der Waals surface area contributed by atoms with Gasteiger partial charge in [-0.15, -0.1) is 0 Å². The lowest BCUT2D eigenvalue weighted by atomic mass is 9.57. The molecule has 1 aromatic heterocycles. The number of Topliss-reactive ketones (excluding diaryl/α,β-unsaturated/α-hetero) is 2. The van der Waals surface area contributed by atoms with Crippen LogP contribution >= 0.6 is 0 Å². The lowest BCUT2D eigenvalue weighted by Gasteiger charge is -2.50. The highest BCUT2D eigenvalue weighted by Crippen LogP contribution is 2.53. The number of likely N-dealkylation sites (N-methyl/N-ethyl adjacent to an activating group) is 1. The monoisotopic (exact) mass is 505 g/mol. The third-order valence-corrected chi connectivity index (χ3v) is 7.80. The number of phenolic OH excluding ortho intramolecular Hbond substituents is 1. The maximum atomic E-state index is 13.9. The molecule has 0 radical (unpaired) electrons. The van der Waals surface area contributed by atoms with Crippen molar-refractivity contribution in [1.29, 1.82) is 0 Å². The summed E-state index contributed by atoms with van der Waals surface area (Å²) in [5.74, 6) is -6.75. The molecule has 37 heavy (non-hydrogen) atoms. The van der Waals surface area contributed by atoms with Gasteiger partial charge in [-0.1, -0.05) is 0 Å². The topological polar surface area (TPSA) is 174 Å². The molecule has 1 saturated carbocycles. The predicted octanol–water partition coefficient (Wildman–Crippen LogP) is 1.33. The summed E-state index contributed by atoms with van der Waals surface area (Å²) in [4.78, 5) is 45.0. The van der Waals surface area contributed by atoms with E-state index in [1.165, 1.54) is 11.0 Å². The van der Waals surface area contributed by atoms with E-state index in [0.717, 1.165) is 5.56 Å². The number of aliphatic hydroxyl groups excluding tert-OH is 2. The number of primary amides is 1. The molecule has 3 aliphatic rings. The van der Waals surface area contributed by atoms with E-state index in [1.54, 1.807) is 26.4 Å². The van der Waals surface area contributed by atoms with Crippen LogP contribution in [-0.2, 0) is 20.8 Å². The standard InChI is InChI=1S/C27H27N3O7/c1-11-6-7-29-16(8-11)13-4-5-17(31)19-14(13)9-12-10-15-21(30(2)3)23(33)20(26(28)36)25(35)27(15,37)24(34)18(12)22(19)32/h4-8,12,15,21,31-32,35,37H,9-10H2,1-3H3,(H2,28,36)/t12-,15-,21+,27+/m0/s1. The predicted molar refractivity (Wildman–Crippen MR) is 132 cm³/mol. The molecule has 6 N–H and O–H groups in total. The van der Waals surface area contributed by atoms with Gasteiger partial charge in [-0.05, 0) is 75.2 Å². The molecule has 10 nitrogen and oxygen atoms in total. The number of aromatic nitrogens is 1. The van der Waals surface area contributed by atoms with Crippen LogP contribution in [0.1, 0.15) is 23.1 Å². The molecule has 0 spiro atoms. The summed E-state index contributed by atoms with van der Waals surface area (Å²) >= 11 is 0. The Kier molecular flexibility index (Phi) is 5.50. The zero-order chi connectivity index (χ0) is 27.0. The first-order valence-electron chi connectivity index (χ1n) is 11.8. The summed E-state index contributed by atoms with van der Waals surface area (Å²) in [5.41, 5.74) is 4.53. The van der Waals surface area contributed by atoms with E-state index in [4.69, 9.17) is 5.73 Å². The number of aryl methyl sites for hydroxylation is 1. The van der Waals surface area contributed by atoms with Crippen LogP contribution in [0.15, 0.2) is 47.4 Å². The van der Waals surface area contributed by atoms with Crippen LogP contribution in [0.3, 0.4) is 0 Å². The molecule has 0 bridgehead atoms. The molecule has 1 aromatic carbocycles. The number of benzene rings is 1. The number of fused-ring (bicyclic) bond motifs is 3. The zero-order valence-corrected chi connectivity index (χ0v) is 20.5. The fourth-order valence-corrected chi connectivity index (χ4v) is 6.17. The first-order chi connectivity index (χ1) is 17.4. The number of pyridine rings is 1. The number of carbonyl (C=O) groups is 3. The van der Waals surface area contributed by atoms with Crippen molar-refractivity contribution in [3.05, 3.63) is 64.1 Å². The zero-order valence-electron chi connectivity index (χ0n) is 20.5. The number of nitrogens with two attached hydrogens (primary N) is 1. The minimum atomic E-state index is -2.66. The Balaban J connectivity index is 1.75. The average molecular weight is 506 g/mol. The third-order valence-electron chi connectivity index (χ3n) is 7.80. The highest BCUT2D eigenvalue weighted by atomic mass is 16.3. The van der Waals surface area contributed by atoms with E-state index in [2.05, 4.69) is 4.98 Å². The summed E-state index contributed by atoms with van der Waals surface area (Å²) in [5, 5.41) is 44.6. The normalized spacial score (nSPS) is 27.2. The van der Waals surface area contributed by atoms with Gasteiger partial charge in [-0.3, -0.25) is 24.3 Å². The molecule has 192 valence electrons. The fourth-order valence-electron chi connectivity index (χ4n) is 6.17. The second kappa shape index (κ2) is 8.25. The smallest absolute Gasteiger partial charge is 0.255 e. The molecule has 0 saturated heterocycles. The Morgan fingerprint density at radius 2 is 1.86 bits per heavy atom. The van der Waals surface area contributed by atoms with Crippen molar-refractivity contribution in [2.45, 2.75) is 31.4 Å². The second-order valence-electron chi connectivity index (χ2n) is 10.2. The van der Waals surface area contributed by atoms with E-state index in [9.17, 15) is 34.8 Å². The number of hydrogen-bond acceptors (Lipinski definition) is 9. The molecule has 5 rings (SSSR count). The Morgan fingerprint density at radius 3 is 2.49 bits per heavy atom. The number of amides is 1. The highest BCUT2D eigenvalue weighted by molar-refractivity contribution is 6.24. The highest BCUT2D eigenvalue weighted by Gasteiger charge is 2.64. The van der Waals surface area contributed by atoms with Crippen molar-refractivity contribution in [2.24, 2.45) is 17.6 Å². The lowest BCUT2D eigenvalue weighted by molar-refractivity contribution is -0.153. The molecule has 3 aliphatic carbocycles. The Bertz CT molecular complexity index is 1460. The van der Waals surface area contributed by atoms with Crippen LogP contribution in [0.2, 0.25) is 0 Å². The van der Waals surface area contributed by atoms with E-state index in [-0.39, 0.29) is 29.7 Å². The van der Waals surface area contributed by atoms with Gasteiger partial charge in [0.25, 0.3) is 5.91 Å². The molecule has 10 heteroatoms. The molecule has 0 aliphatic heterocycles. The molecular weight excluding hydrogens is 478 g/mol. The van der Waals surface area contributed by atoms with Crippen LogP contribution in [0.5, 0.6) is 5.75 Å². The number of phenols is 1. The van der Waals surface area contributed by atoms with Crippen LogP contribution in [0.4, 0.5) is 0 Å². The minimum Gasteiger partial charge on any atom is -0.508 e. The Morgan fingerprint density at radius 1 is 1.16 bits per heavy atom. The van der Waals surface area contributed by atoms with Gasteiger partial charge in [0.1, 0.15) is 22.8 Å². The number of carbonyl (C=O) groups excluding carboxylic acids is 3. The second-order valence-corrected chi connectivity index (χ2v) is 10.2. The molecule has 1 amide bonds. The lowest BCUT2D eigenvalue weighted by Crippen LogP contribution is -2.65. The van der Waals surface area contributed by atoms with Crippen molar-refractivity contribution >= 4 is 23.2 Å². The van der Waals surface area contributed by atoms with Gasteiger partial charge in [0.15, 0.2) is 11.4 Å². The first kappa shape index (κ1) is 24.7. The van der Waals surface area contributed by atoms with Gasteiger partial charge in [-0.2, -0.15) is 0 Å². The first-order valence-corrected chi connectivity index (χ1v) is 11.8. The maximum Gasteiger partial charge on any atom is 0.255 e. The summed E-state index contributed by atoms with van der Waals surface area (Å²) in [6.45, 7) is 1.91. The Hall–Kier alpha value is -4.02. The van der Waals surface area contributed by atoms with Gasteiger partial charge in [0.05, 0.1) is 17.3 Å². The van der Waals surface area contributed by atoms with Crippen LogP contribution in [0.25, 0.3) is 17.0 Å². The van der Waals surface area contributed by atoms with Gasteiger partial charge < -0.3 is 26.2 Å². The van der Waals surface area contributed by atoms with Crippen molar-refractivity contribution in [1.82, 2.24) is 9.88 Å². The number of nitrogens with zero attached hydrogens (tertiary/aromatic N) is 2. The van der Waals surface area contributed by atoms with Gasteiger partial charge in [0, 0.05) is 23.3 Å². The maximum absolute atomic E-state index is 13.9. The number of ketones is 2. The average Bonchev–Trinajstić information content (AvgIpc) is 2.81. The number of hydrogen-bond donors (Lipinski definition) is 5. The van der Waals surface area contributed by atoms with Gasteiger partial charge in [0.2, 0.25) is 5.78 Å². The fraction of sp³-hybridized carbons (Fsp3) is 0.333. The van der Waals surface area contributed by atoms with E-state index in [0.29, 0.717) is 16.8 Å². The quantitative estimate of drug-likeness (QED) is 0.386. The molecule has 4 atom stereocenters. The number of aliphatic hydroxyl groups is 3. The van der Waals surface area contributed by atoms with E-state index < -0.39 is 58.0 Å².